The maximum absolute atomic E-state index is 11.2. The quantitative estimate of drug-likeness (QED) is 0.472. The van der Waals surface area contributed by atoms with Crippen LogP contribution in [-0.4, -0.2) is 5.71 Å². The molecule has 3 heteroatoms. The minimum absolute atomic E-state index is 0.521. The molecule has 0 aliphatic carbocycles. The molecule has 0 fully saturated rings. The van der Waals surface area contributed by atoms with Crippen molar-refractivity contribution in [2.24, 2.45) is 5.16 Å². The number of halogens is 1. The Bertz CT molecular complexity index is 246. The zero-order valence-corrected chi connectivity index (χ0v) is 6.12. The minimum Gasteiger partial charge on any atom is -0.174 e. The summed E-state index contributed by atoms with van der Waals surface area (Å²) < 4.78 is 11.2. The molecule has 0 unspecified atom stereocenters. The summed E-state index contributed by atoms with van der Waals surface area (Å²) in [5, 5.41) is 6.29. The Kier molecular flexibility index (Phi) is 2.60. The molecule has 58 valence electrons. The van der Waals surface area contributed by atoms with Crippen molar-refractivity contribution < 1.29 is 9.57 Å². The van der Waals surface area contributed by atoms with Crippen molar-refractivity contribution in [3.63, 3.8) is 0 Å². The Balaban J connectivity index is 2.85. The molecule has 0 aromatic heterocycles. The first kappa shape index (κ1) is 7.72. The Morgan fingerprint density at radius 2 is 2.00 bits per heavy atom. The minimum atomic E-state index is 0.521. The predicted molar refractivity (Wildman–Crippen MR) is 40.8 cm³/mol. The lowest BCUT2D eigenvalue weighted by molar-refractivity contribution is -0.131. The highest BCUT2D eigenvalue weighted by atomic mass is 19.3. The molecule has 0 aliphatic heterocycles. The standard InChI is InChI=1S/C8H8FNO/c1-7(10-11-9)8-5-3-2-4-6-8/h2-6H,1H3/b10-7+. The molecule has 2 nitrogen and oxygen atoms in total. The van der Waals surface area contributed by atoms with Gasteiger partial charge in [0, 0.05) is 4.53 Å². The second-order valence-electron chi connectivity index (χ2n) is 2.11. The normalized spacial score (nSPS) is 11.3. The van der Waals surface area contributed by atoms with E-state index in [-0.39, 0.29) is 0 Å². The lowest BCUT2D eigenvalue weighted by atomic mass is 10.1. The van der Waals surface area contributed by atoms with Crippen LogP contribution in [0.15, 0.2) is 35.5 Å². The fourth-order valence-electron chi connectivity index (χ4n) is 0.784. The third-order valence-electron chi connectivity index (χ3n) is 1.36. The van der Waals surface area contributed by atoms with Gasteiger partial charge in [-0.05, 0) is 17.6 Å². The number of nitrogens with zero attached hydrogens (tertiary/aromatic N) is 1. The summed E-state index contributed by atoms with van der Waals surface area (Å²) in [6, 6.07) is 9.25. The van der Waals surface area contributed by atoms with Gasteiger partial charge in [0.15, 0.2) is 0 Å². The summed E-state index contributed by atoms with van der Waals surface area (Å²) in [5.41, 5.74) is 1.37. The fraction of sp³-hybridized carbons (Fsp3) is 0.125. The highest BCUT2D eigenvalue weighted by Crippen LogP contribution is 2.00. The van der Waals surface area contributed by atoms with Gasteiger partial charge in [-0.3, -0.25) is 0 Å². The smallest absolute Gasteiger partial charge is 0.0882 e. The molecule has 0 radical (unpaired) electrons. The first-order valence-electron chi connectivity index (χ1n) is 3.22. The average Bonchev–Trinajstić information content (AvgIpc) is 2.07. The van der Waals surface area contributed by atoms with Gasteiger partial charge in [-0.25, -0.2) is 0 Å². The summed E-state index contributed by atoms with van der Waals surface area (Å²) in [6.45, 7) is 1.68. The summed E-state index contributed by atoms with van der Waals surface area (Å²) in [7, 11) is 0. The molecule has 0 atom stereocenters. The van der Waals surface area contributed by atoms with E-state index in [9.17, 15) is 4.53 Å². The first-order chi connectivity index (χ1) is 5.34. The second kappa shape index (κ2) is 3.71. The zero-order valence-electron chi connectivity index (χ0n) is 6.12. The molecule has 0 heterocycles. The van der Waals surface area contributed by atoms with E-state index in [2.05, 4.69) is 10.2 Å². The van der Waals surface area contributed by atoms with Crippen molar-refractivity contribution in [3.05, 3.63) is 35.9 Å². The van der Waals surface area contributed by atoms with E-state index in [1.54, 1.807) is 6.92 Å². The average molecular weight is 153 g/mol. The lowest BCUT2D eigenvalue weighted by Crippen LogP contribution is -1.92. The molecule has 0 bridgehead atoms. The SMILES string of the molecule is C/C(=N\OF)c1ccccc1. The van der Waals surface area contributed by atoms with Crippen LogP contribution in [0.3, 0.4) is 0 Å². The van der Waals surface area contributed by atoms with Crippen molar-refractivity contribution >= 4 is 5.71 Å². The molecular weight excluding hydrogens is 145 g/mol. The van der Waals surface area contributed by atoms with Crippen molar-refractivity contribution in [2.75, 3.05) is 0 Å². The van der Waals surface area contributed by atoms with E-state index < -0.39 is 0 Å². The number of benzene rings is 1. The van der Waals surface area contributed by atoms with Crippen LogP contribution in [0.4, 0.5) is 4.53 Å². The monoisotopic (exact) mass is 153 g/mol. The fourth-order valence-corrected chi connectivity index (χ4v) is 0.784. The van der Waals surface area contributed by atoms with Crippen LogP contribution in [-0.2, 0) is 5.04 Å². The van der Waals surface area contributed by atoms with Gasteiger partial charge < -0.3 is 0 Å². The van der Waals surface area contributed by atoms with Gasteiger partial charge in [0.25, 0.3) is 0 Å². The highest BCUT2D eigenvalue weighted by molar-refractivity contribution is 5.98. The van der Waals surface area contributed by atoms with Gasteiger partial charge in [-0.2, -0.15) is 5.04 Å². The second-order valence-corrected chi connectivity index (χ2v) is 2.11. The molecule has 1 aromatic carbocycles. The van der Waals surface area contributed by atoms with E-state index in [0.717, 1.165) is 5.56 Å². The maximum Gasteiger partial charge on any atom is 0.0882 e. The Hall–Kier alpha value is -1.38. The Morgan fingerprint density at radius 1 is 1.36 bits per heavy atom. The van der Waals surface area contributed by atoms with Crippen molar-refractivity contribution in [1.29, 1.82) is 0 Å². The van der Waals surface area contributed by atoms with Crippen molar-refractivity contribution in [3.8, 4) is 0 Å². The Labute approximate surface area is 64.2 Å². The molecule has 0 aliphatic rings. The van der Waals surface area contributed by atoms with Crippen molar-refractivity contribution in [1.82, 2.24) is 0 Å². The van der Waals surface area contributed by atoms with Gasteiger partial charge in [0.05, 0.1) is 5.71 Å². The van der Waals surface area contributed by atoms with Gasteiger partial charge >= 0.3 is 0 Å². The summed E-state index contributed by atoms with van der Waals surface area (Å²) >= 11 is 0. The Morgan fingerprint density at radius 3 is 2.55 bits per heavy atom. The molecule has 1 rings (SSSR count). The molecule has 11 heavy (non-hydrogen) atoms. The molecule has 0 amide bonds. The number of oxime groups is 1. The van der Waals surface area contributed by atoms with Crippen LogP contribution in [0, 0.1) is 0 Å². The van der Waals surface area contributed by atoms with Crippen LogP contribution in [0.25, 0.3) is 0 Å². The number of hydrogen-bond donors (Lipinski definition) is 0. The zero-order chi connectivity index (χ0) is 8.10. The molecule has 0 N–H and O–H groups in total. The number of hydrogen-bond acceptors (Lipinski definition) is 2. The van der Waals surface area contributed by atoms with Crippen LogP contribution in [0.2, 0.25) is 0 Å². The van der Waals surface area contributed by atoms with E-state index in [4.69, 9.17) is 0 Å². The molecule has 0 spiro atoms. The van der Waals surface area contributed by atoms with Gasteiger partial charge in [0.1, 0.15) is 0 Å². The van der Waals surface area contributed by atoms with Crippen LogP contribution < -0.4 is 0 Å². The first-order valence-corrected chi connectivity index (χ1v) is 3.22. The van der Waals surface area contributed by atoms with E-state index in [0.29, 0.717) is 5.71 Å². The highest BCUT2D eigenvalue weighted by Gasteiger charge is 1.94. The van der Waals surface area contributed by atoms with E-state index in [1.807, 2.05) is 30.3 Å². The van der Waals surface area contributed by atoms with E-state index in [1.165, 1.54) is 0 Å². The van der Waals surface area contributed by atoms with Crippen molar-refractivity contribution in [2.45, 2.75) is 6.92 Å². The lowest BCUT2D eigenvalue weighted by Gasteiger charge is -1.94. The summed E-state index contributed by atoms with van der Waals surface area (Å²) in [4.78, 5) is 0. The topological polar surface area (TPSA) is 21.6 Å². The van der Waals surface area contributed by atoms with Crippen LogP contribution >= 0.6 is 0 Å². The maximum atomic E-state index is 11.2. The van der Waals surface area contributed by atoms with Gasteiger partial charge in [-0.15, -0.1) is 0 Å². The third-order valence-corrected chi connectivity index (χ3v) is 1.36. The van der Waals surface area contributed by atoms with Gasteiger partial charge in [0.2, 0.25) is 0 Å². The van der Waals surface area contributed by atoms with Crippen LogP contribution in [0.1, 0.15) is 12.5 Å². The molecule has 0 saturated heterocycles. The third kappa shape index (κ3) is 2.04. The van der Waals surface area contributed by atoms with Gasteiger partial charge in [-0.1, -0.05) is 30.3 Å². The van der Waals surface area contributed by atoms with E-state index >= 15 is 0 Å². The predicted octanol–water partition coefficient (Wildman–Crippen LogP) is 2.31. The number of rotatable bonds is 2. The summed E-state index contributed by atoms with van der Waals surface area (Å²) in [6.07, 6.45) is 0. The molecular formula is C8H8FNO. The van der Waals surface area contributed by atoms with Crippen LogP contribution in [0.5, 0.6) is 0 Å². The molecule has 1 aromatic rings. The largest absolute Gasteiger partial charge is 0.174 e. The molecule has 0 saturated carbocycles. The summed E-state index contributed by atoms with van der Waals surface area (Å²) in [5.74, 6) is 0.